The van der Waals surface area contributed by atoms with Gasteiger partial charge < -0.3 is 5.32 Å². The van der Waals surface area contributed by atoms with E-state index in [1.54, 1.807) is 30.3 Å². The maximum absolute atomic E-state index is 12.3. The van der Waals surface area contributed by atoms with Crippen molar-refractivity contribution < 1.29 is 8.42 Å². The van der Waals surface area contributed by atoms with Crippen LogP contribution in [0.1, 0.15) is 18.1 Å². The lowest BCUT2D eigenvalue weighted by Crippen LogP contribution is -2.14. The van der Waals surface area contributed by atoms with Crippen molar-refractivity contribution in [2.75, 3.05) is 10.0 Å². The second kappa shape index (κ2) is 7.53. The highest BCUT2D eigenvalue weighted by Gasteiger charge is 2.14. The Morgan fingerprint density at radius 2 is 1.58 bits per heavy atom. The zero-order chi connectivity index (χ0) is 18.6. The number of nitrogens with zero attached hydrogens (tertiary/aromatic N) is 2. The Morgan fingerprint density at radius 1 is 0.885 bits per heavy atom. The summed E-state index contributed by atoms with van der Waals surface area (Å²) in [6.07, 6.45) is 0.895. The van der Waals surface area contributed by atoms with E-state index >= 15 is 0 Å². The van der Waals surface area contributed by atoms with E-state index in [0.29, 0.717) is 5.82 Å². The fraction of sp³-hybridized carbons (Fsp3) is 0.158. The number of aryl methyl sites for hydroxylation is 2. The number of sulfonamides is 1. The number of aromatic nitrogens is 2. The fourth-order valence-corrected chi connectivity index (χ4v) is 3.60. The lowest BCUT2D eigenvalue weighted by molar-refractivity contribution is 0.601. The molecule has 2 aromatic carbocycles. The highest BCUT2D eigenvalue weighted by atomic mass is 32.2. The van der Waals surface area contributed by atoms with Crippen LogP contribution in [0, 0.1) is 6.92 Å². The summed E-state index contributed by atoms with van der Waals surface area (Å²) in [5.74, 6) is 0.719. The summed E-state index contributed by atoms with van der Waals surface area (Å²) in [4.78, 5) is 0.177. The van der Waals surface area contributed by atoms with Crippen LogP contribution >= 0.6 is 0 Å². The first-order valence-corrected chi connectivity index (χ1v) is 9.75. The molecule has 2 N–H and O–H groups in total. The summed E-state index contributed by atoms with van der Waals surface area (Å²) < 4.78 is 27.1. The van der Waals surface area contributed by atoms with Crippen LogP contribution in [0.5, 0.6) is 0 Å². The summed E-state index contributed by atoms with van der Waals surface area (Å²) in [6, 6.07) is 17.5. The molecule has 0 amide bonds. The smallest absolute Gasteiger partial charge is 0.263 e. The third kappa shape index (κ3) is 4.00. The minimum absolute atomic E-state index is 0.167. The molecule has 0 aliphatic carbocycles. The van der Waals surface area contributed by atoms with Crippen molar-refractivity contribution >= 4 is 27.3 Å². The van der Waals surface area contributed by atoms with Crippen LogP contribution in [0.15, 0.2) is 65.6 Å². The maximum atomic E-state index is 12.3. The van der Waals surface area contributed by atoms with Crippen LogP contribution in [0.4, 0.5) is 17.3 Å². The van der Waals surface area contributed by atoms with E-state index in [1.807, 2.05) is 19.1 Å². The van der Waals surface area contributed by atoms with Gasteiger partial charge >= 0.3 is 0 Å². The minimum Gasteiger partial charge on any atom is -0.338 e. The molecule has 7 heteroatoms. The van der Waals surface area contributed by atoms with Crippen molar-refractivity contribution in [1.82, 2.24) is 10.2 Å². The molecule has 0 atom stereocenters. The third-order valence-corrected chi connectivity index (χ3v) is 5.32. The van der Waals surface area contributed by atoms with Gasteiger partial charge in [0.1, 0.15) is 0 Å². The standard InChI is InChI=1S/C19H20N4O2S/c1-3-15-9-7-8-14(2)19(15)20-17-12-13-18(22-21-17)23-26(24,25)16-10-5-4-6-11-16/h4-13H,3H2,1-2H3,(H,20,21)(H,22,23). The number of nitrogens with one attached hydrogen (secondary N) is 2. The number of para-hydroxylation sites is 1. The van der Waals surface area contributed by atoms with Crippen molar-refractivity contribution in [3.63, 3.8) is 0 Å². The van der Waals surface area contributed by atoms with Gasteiger partial charge in [0.25, 0.3) is 10.0 Å². The quantitative estimate of drug-likeness (QED) is 0.689. The van der Waals surface area contributed by atoms with Gasteiger partial charge in [-0.05, 0) is 48.7 Å². The van der Waals surface area contributed by atoms with Gasteiger partial charge in [-0.25, -0.2) is 8.42 Å². The molecule has 0 radical (unpaired) electrons. The van der Waals surface area contributed by atoms with Crippen molar-refractivity contribution in [2.24, 2.45) is 0 Å². The molecular weight excluding hydrogens is 348 g/mol. The number of benzene rings is 2. The van der Waals surface area contributed by atoms with E-state index in [0.717, 1.165) is 17.7 Å². The number of anilines is 3. The van der Waals surface area contributed by atoms with Crippen molar-refractivity contribution in [3.05, 3.63) is 71.8 Å². The normalized spacial score (nSPS) is 11.2. The zero-order valence-electron chi connectivity index (χ0n) is 14.6. The van der Waals surface area contributed by atoms with Crippen molar-refractivity contribution in [2.45, 2.75) is 25.2 Å². The molecule has 6 nitrogen and oxygen atoms in total. The average molecular weight is 368 g/mol. The molecular formula is C19H20N4O2S. The second-order valence-electron chi connectivity index (χ2n) is 5.81. The van der Waals surface area contributed by atoms with Crippen molar-refractivity contribution in [3.8, 4) is 0 Å². The van der Waals surface area contributed by atoms with E-state index in [1.165, 1.54) is 17.7 Å². The van der Waals surface area contributed by atoms with E-state index < -0.39 is 10.0 Å². The Bertz CT molecular complexity index is 988. The molecule has 0 fully saturated rings. The van der Waals surface area contributed by atoms with Gasteiger partial charge in [-0.2, -0.15) is 0 Å². The highest BCUT2D eigenvalue weighted by Crippen LogP contribution is 2.24. The molecule has 1 heterocycles. The maximum Gasteiger partial charge on any atom is 0.263 e. The van der Waals surface area contributed by atoms with Crippen LogP contribution in [0.3, 0.4) is 0 Å². The summed E-state index contributed by atoms with van der Waals surface area (Å²) in [5.41, 5.74) is 3.29. The van der Waals surface area contributed by atoms with Crippen molar-refractivity contribution in [1.29, 1.82) is 0 Å². The van der Waals surface area contributed by atoms with Gasteiger partial charge in [-0.1, -0.05) is 43.3 Å². The Morgan fingerprint density at radius 3 is 2.23 bits per heavy atom. The minimum atomic E-state index is -3.68. The van der Waals surface area contributed by atoms with Gasteiger partial charge in [0.05, 0.1) is 4.90 Å². The SMILES string of the molecule is CCc1cccc(C)c1Nc1ccc(NS(=O)(=O)c2ccccc2)nn1. The molecule has 0 unspecified atom stereocenters. The van der Waals surface area contributed by atoms with Gasteiger partial charge in [0.15, 0.2) is 11.6 Å². The molecule has 0 saturated carbocycles. The lowest BCUT2D eigenvalue weighted by atomic mass is 10.1. The van der Waals surface area contributed by atoms with Crippen LogP contribution in [-0.2, 0) is 16.4 Å². The Labute approximate surface area is 153 Å². The zero-order valence-corrected chi connectivity index (χ0v) is 15.4. The summed E-state index contributed by atoms with van der Waals surface area (Å²) in [5, 5.41) is 11.3. The molecule has 26 heavy (non-hydrogen) atoms. The first kappa shape index (κ1) is 17.9. The molecule has 0 spiro atoms. The van der Waals surface area contributed by atoms with Crippen LogP contribution < -0.4 is 10.0 Å². The predicted molar refractivity (Wildman–Crippen MR) is 103 cm³/mol. The first-order chi connectivity index (χ1) is 12.5. The van der Waals surface area contributed by atoms with Crippen LogP contribution in [0.25, 0.3) is 0 Å². The fourth-order valence-electron chi connectivity index (χ4n) is 2.58. The monoisotopic (exact) mass is 368 g/mol. The molecule has 0 aliphatic heterocycles. The largest absolute Gasteiger partial charge is 0.338 e. The molecule has 134 valence electrons. The van der Waals surface area contributed by atoms with E-state index in [-0.39, 0.29) is 10.7 Å². The number of hydrogen-bond donors (Lipinski definition) is 2. The molecule has 0 aliphatic rings. The Kier molecular flexibility index (Phi) is 5.18. The summed E-state index contributed by atoms with van der Waals surface area (Å²) >= 11 is 0. The number of rotatable bonds is 6. The number of hydrogen-bond acceptors (Lipinski definition) is 5. The molecule has 3 aromatic rings. The van der Waals surface area contributed by atoms with Gasteiger partial charge in [-0.15, -0.1) is 10.2 Å². The second-order valence-corrected chi connectivity index (χ2v) is 7.49. The predicted octanol–water partition coefficient (Wildman–Crippen LogP) is 3.89. The van der Waals surface area contributed by atoms with E-state index in [2.05, 4.69) is 33.2 Å². The summed E-state index contributed by atoms with van der Waals surface area (Å²) in [7, 11) is -3.68. The highest BCUT2D eigenvalue weighted by molar-refractivity contribution is 7.92. The first-order valence-electron chi connectivity index (χ1n) is 8.26. The van der Waals surface area contributed by atoms with Gasteiger partial charge in [0.2, 0.25) is 0 Å². The van der Waals surface area contributed by atoms with Gasteiger partial charge in [-0.3, -0.25) is 4.72 Å². The Balaban J connectivity index is 1.78. The Hall–Kier alpha value is -2.93. The van der Waals surface area contributed by atoms with E-state index in [4.69, 9.17) is 0 Å². The van der Waals surface area contributed by atoms with Crippen LogP contribution in [0.2, 0.25) is 0 Å². The lowest BCUT2D eigenvalue weighted by Gasteiger charge is -2.13. The topological polar surface area (TPSA) is 84.0 Å². The third-order valence-electron chi connectivity index (χ3n) is 3.95. The summed E-state index contributed by atoms with van der Waals surface area (Å²) in [6.45, 7) is 4.12. The molecule has 0 bridgehead atoms. The van der Waals surface area contributed by atoms with E-state index in [9.17, 15) is 8.42 Å². The average Bonchev–Trinajstić information content (AvgIpc) is 2.65. The van der Waals surface area contributed by atoms with Crippen LogP contribution in [-0.4, -0.2) is 18.6 Å². The molecule has 3 rings (SSSR count). The van der Waals surface area contributed by atoms with Gasteiger partial charge in [0, 0.05) is 5.69 Å². The molecule has 1 aromatic heterocycles. The molecule has 0 saturated heterocycles.